The number of carbonyl (C=O) groups excluding carboxylic acids is 2. The predicted octanol–water partition coefficient (Wildman–Crippen LogP) is 1.44. The highest BCUT2D eigenvalue weighted by Gasteiger charge is 2.38. The van der Waals surface area contributed by atoms with Crippen LogP contribution >= 0.6 is 0 Å². The minimum absolute atomic E-state index is 0.0448. The second-order valence-corrected chi connectivity index (χ2v) is 5.22. The smallest absolute Gasteiger partial charge is 0.355 e. The summed E-state index contributed by atoms with van der Waals surface area (Å²) in [5.74, 6) is -2.66. The number of halogens is 4. The Kier molecular flexibility index (Phi) is 5.10. The highest BCUT2D eigenvalue weighted by molar-refractivity contribution is 6.06. The molecule has 25 heavy (non-hydrogen) atoms. The van der Waals surface area contributed by atoms with Gasteiger partial charge in [0.15, 0.2) is 0 Å². The number of hydrogen-bond acceptors (Lipinski definition) is 4. The second-order valence-electron chi connectivity index (χ2n) is 5.22. The van der Waals surface area contributed by atoms with Crippen molar-refractivity contribution in [2.45, 2.75) is 25.3 Å². The van der Waals surface area contributed by atoms with Crippen LogP contribution in [0.4, 0.5) is 17.6 Å². The molecule has 3 N–H and O–H groups in total. The highest BCUT2D eigenvalue weighted by atomic mass is 19.4. The van der Waals surface area contributed by atoms with Crippen LogP contribution in [-0.2, 0) is 22.3 Å². The van der Waals surface area contributed by atoms with E-state index in [1.165, 1.54) is 19.3 Å². The van der Waals surface area contributed by atoms with Crippen molar-refractivity contribution in [3.05, 3.63) is 47.5 Å². The first-order valence-corrected chi connectivity index (χ1v) is 7.04. The Balaban J connectivity index is 2.14. The summed E-state index contributed by atoms with van der Waals surface area (Å²) in [6.07, 6.45) is -1.02. The van der Waals surface area contributed by atoms with Crippen LogP contribution in [0.1, 0.15) is 18.1 Å². The quantitative estimate of drug-likeness (QED) is 0.713. The van der Waals surface area contributed by atoms with E-state index in [-0.39, 0.29) is 12.1 Å². The van der Waals surface area contributed by atoms with Gasteiger partial charge in [-0.25, -0.2) is 4.39 Å². The van der Waals surface area contributed by atoms with Crippen molar-refractivity contribution in [3.63, 3.8) is 0 Å². The van der Waals surface area contributed by atoms with Gasteiger partial charge in [-0.1, -0.05) is 6.07 Å². The average Bonchev–Trinajstić information content (AvgIpc) is 2.53. The molecule has 6 nitrogen and oxygen atoms in total. The molecule has 2 rings (SSSR count). The first-order chi connectivity index (χ1) is 11.6. The van der Waals surface area contributed by atoms with Crippen LogP contribution < -0.4 is 16.0 Å². The fourth-order valence-electron chi connectivity index (χ4n) is 2.15. The normalized spacial score (nSPS) is 19.2. The number of benzene rings is 1. The van der Waals surface area contributed by atoms with Crippen molar-refractivity contribution >= 4 is 18.0 Å². The Morgan fingerprint density at radius 2 is 2.04 bits per heavy atom. The maximum Gasteiger partial charge on any atom is 0.419 e. The zero-order chi connectivity index (χ0) is 18.7. The van der Waals surface area contributed by atoms with E-state index >= 15 is 0 Å². The zero-order valence-corrected chi connectivity index (χ0v) is 12.9. The van der Waals surface area contributed by atoms with Gasteiger partial charge in [-0.2, -0.15) is 13.2 Å². The molecule has 10 heteroatoms. The molecule has 1 aromatic carbocycles. The second kappa shape index (κ2) is 6.91. The van der Waals surface area contributed by atoms with Crippen molar-refractivity contribution in [2.75, 3.05) is 0 Å². The van der Waals surface area contributed by atoms with Gasteiger partial charge in [-0.15, -0.1) is 0 Å². The van der Waals surface area contributed by atoms with Crippen LogP contribution in [0.2, 0.25) is 0 Å². The molecule has 0 bridgehead atoms. The van der Waals surface area contributed by atoms with Gasteiger partial charge >= 0.3 is 6.18 Å². The Morgan fingerprint density at radius 1 is 1.32 bits per heavy atom. The summed E-state index contributed by atoms with van der Waals surface area (Å²) in [4.78, 5) is 27.4. The SMILES string of the molecule is CC(=O)NC1(C(=O)NCc2ccc(F)c(C(F)(F)F)c2)C=NC=CN1. The molecule has 0 fully saturated rings. The molecular formula is C15H14F4N4O2. The molecule has 1 unspecified atom stereocenters. The van der Waals surface area contributed by atoms with E-state index in [2.05, 4.69) is 20.9 Å². The molecule has 0 saturated heterocycles. The molecule has 0 aliphatic carbocycles. The monoisotopic (exact) mass is 358 g/mol. The van der Waals surface area contributed by atoms with E-state index in [0.717, 1.165) is 12.3 Å². The number of nitrogens with one attached hydrogen (secondary N) is 3. The number of aliphatic imine (C=N–C) groups is 1. The van der Waals surface area contributed by atoms with Crippen molar-refractivity contribution < 1.29 is 27.2 Å². The first-order valence-electron chi connectivity index (χ1n) is 7.04. The van der Waals surface area contributed by atoms with Crippen molar-refractivity contribution in [1.82, 2.24) is 16.0 Å². The summed E-state index contributed by atoms with van der Waals surface area (Å²) >= 11 is 0. The van der Waals surface area contributed by atoms with Crippen LogP contribution in [0.5, 0.6) is 0 Å². The van der Waals surface area contributed by atoms with Gasteiger partial charge in [0, 0.05) is 25.9 Å². The summed E-state index contributed by atoms with van der Waals surface area (Å²) < 4.78 is 51.4. The van der Waals surface area contributed by atoms with Crippen LogP contribution in [0.3, 0.4) is 0 Å². The molecule has 1 atom stereocenters. The molecule has 0 spiro atoms. The maximum absolute atomic E-state index is 13.3. The van der Waals surface area contributed by atoms with Crippen LogP contribution in [0.15, 0.2) is 35.6 Å². The van der Waals surface area contributed by atoms with Gasteiger partial charge in [0.2, 0.25) is 11.6 Å². The number of carbonyl (C=O) groups is 2. The minimum Gasteiger partial charge on any atom is -0.355 e. The fraction of sp³-hybridized carbons (Fsp3) is 0.267. The molecular weight excluding hydrogens is 344 g/mol. The minimum atomic E-state index is -4.84. The summed E-state index contributed by atoms with van der Waals surface area (Å²) in [5, 5.41) is 7.39. The molecule has 1 aromatic rings. The van der Waals surface area contributed by atoms with E-state index in [4.69, 9.17) is 0 Å². The lowest BCUT2D eigenvalue weighted by molar-refractivity contribution is -0.140. The molecule has 1 aliphatic heterocycles. The van der Waals surface area contributed by atoms with Crippen molar-refractivity contribution in [1.29, 1.82) is 0 Å². The lowest BCUT2D eigenvalue weighted by Gasteiger charge is -2.30. The largest absolute Gasteiger partial charge is 0.419 e. The van der Waals surface area contributed by atoms with E-state index < -0.39 is 35.0 Å². The Bertz CT molecular complexity index is 746. The van der Waals surface area contributed by atoms with Crippen molar-refractivity contribution in [3.8, 4) is 0 Å². The third kappa shape index (κ3) is 4.34. The van der Waals surface area contributed by atoms with Crippen LogP contribution in [-0.4, -0.2) is 23.7 Å². The molecule has 2 amide bonds. The number of amides is 2. The summed E-state index contributed by atoms with van der Waals surface area (Å²) in [7, 11) is 0. The standard InChI is InChI=1S/C15H14F4N4O2/c1-9(24)23-14(8-20-4-5-22-14)13(25)21-7-10-2-3-12(16)11(6-10)15(17,18)19/h2-6,8,22H,7H2,1H3,(H,21,25)(H,23,24). The van der Waals surface area contributed by atoms with Gasteiger partial charge in [-0.3, -0.25) is 14.6 Å². The van der Waals surface area contributed by atoms with Gasteiger partial charge in [0.25, 0.3) is 5.91 Å². The van der Waals surface area contributed by atoms with Crippen molar-refractivity contribution in [2.24, 2.45) is 4.99 Å². The van der Waals surface area contributed by atoms with E-state index in [0.29, 0.717) is 12.1 Å². The first kappa shape index (κ1) is 18.4. The average molecular weight is 358 g/mol. The zero-order valence-electron chi connectivity index (χ0n) is 12.9. The number of hydrogen-bond donors (Lipinski definition) is 3. The molecule has 0 radical (unpaired) electrons. The summed E-state index contributed by atoms with van der Waals surface area (Å²) in [5.41, 5.74) is -3.03. The van der Waals surface area contributed by atoms with Crippen LogP contribution in [0, 0.1) is 5.82 Å². The number of rotatable bonds is 4. The van der Waals surface area contributed by atoms with Gasteiger partial charge in [0.1, 0.15) is 5.82 Å². The lowest BCUT2D eigenvalue weighted by Crippen LogP contribution is -2.67. The van der Waals surface area contributed by atoms with Gasteiger partial charge in [0.05, 0.1) is 11.8 Å². The molecule has 0 saturated carbocycles. The van der Waals surface area contributed by atoms with E-state index in [1.807, 2.05) is 0 Å². The Hall–Kier alpha value is -2.91. The third-order valence-electron chi connectivity index (χ3n) is 3.26. The molecule has 1 aliphatic rings. The number of alkyl halides is 3. The van der Waals surface area contributed by atoms with Crippen LogP contribution in [0.25, 0.3) is 0 Å². The third-order valence-corrected chi connectivity index (χ3v) is 3.26. The molecule has 0 aromatic heterocycles. The van der Waals surface area contributed by atoms with Gasteiger partial charge < -0.3 is 16.0 Å². The Labute approximate surface area is 140 Å². The molecule has 134 valence electrons. The molecule has 1 heterocycles. The van der Waals surface area contributed by atoms with Gasteiger partial charge in [-0.05, 0) is 17.7 Å². The van der Waals surface area contributed by atoms with E-state index in [9.17, 15) is 27.2 Å². The highest BCUT2D eigenvalue weighted by Crippen LogP contribution is 2.31. The maximum atomic E-state index is 13.3. The predicted molar refractivity (Wildman–Crippen MR) is 80.6 cm³/mol. The summed E-state index contributed by atoms with van der Waals surface area (Å²) in [6, 6.07) is 2.41. The fourth-order valence-corrected chi connectivity index (χ4v) is 2.15. The van der Waals surface area contributed by atoms with E-state index in [1.54, 1.807) is 0 Å². The topological polar surface area (TPSA) is 82.6 Å². The summed E-state index contributed by atoms with van der Waals surface area (Å²) in [6.45, 7) is 0.890. The number of nitrogens with zero attached hydrogens (tertiary/aromatic N) is 1. The lowest BCUT2D eigenvalue weighted by atomic mass is 10.1. The Morgan fingerprint density at radius 3 is 2.60 bits per heavy atom.